The largest absolute Gasteiger partial charge is 0.314 e. The van der Waals surface area contributed by atoms with E-state index in [1.807, 2.05) is 29.8 Å². The molecule has 0 spiro atoms. The van der Waals surface area contributed by atoms with Gasteiger partial charge in [-0.25, -0.2) is 0 Å². The summed E-state index contributed by atoms with van der Waals surface area (Å²) in [5.41, 5.74) is 2.63. The van der Waals surface area contributed by atoms with Crippen molar-refractivity contribution in [1.29, 1.82) is 0 Å². The van der Waals surface area contributed by atoms with Crippen LogP contribution in [0.2, 0.25) is 0 Å². The average molecular weight is 352 g/mol. The number of halogens is 1. The molecule has 0 bridgehead atoms. The predicted octanol–water partition coefficient (Wildman–Crippen LogP) is 3.36. The molecular formula is C15H18BrN3S. The van der Waals surface area contributed by atoms with E-state index in [2.05, 4.69) is 50.2 Å². The molecule has 3 nitrogen and oxygen atoms in total. The lowest BCUT2D eigenvalue weighted by Gasteiger charge is -2.36. The first-order valence-electron chi connectivity index (χ1n) is 6.83. The molecule has 1 atom stereocenters. The normalized spacial score (nSPS) is 20.2. The van der Waals surface area contributed by atoms with Gasteiger partial charge in [-0.1, -0.05) is 6.07 Å². The highest BCUT2D eigenvalue weighted by atomic mass is 79.9. The topological polar surface area (TPSA) is 28.2 Å². The van der Waals surface area contributed by atoms with Gasteiger partial charge in [0.1, 0.15) is 0 Å². The van der Waals surface area contributed by atoms with Gasteiger partial charge in [0.25, 0.3) is 0 Å². The number of hydrogen-bond donors (Lipinski definition) is 1. The highest BCUT2D eigenvalue weighted by molar-refractivity contribution is 9.11. The SMILES string of the molecule is Cc1cc(CN2CCNCC2c2cccnc2)sc1Br. The summed E-state index contributed by atoms with van der Waals surface area (Å²) >= 11 is 5.46. The van der Waals surface area contributed by atoms with Crippen molar-refractivity contribution in [1.82, 2.24) is 15.2 Å². The van der Waals surface area contributed by atoms with E-state index in [1.54, 1.807) is 0 Å². The van der Waals surface area contributed by atoms with Crippen molar-refractivity contribution < 1.29 is 0 Å². The third kappa shape index (κ3) is 3.11. The molecule has 1 saturated heterocycles. The molecular weight excluding hydrogens is 334 g/mol. The average Bonchev–Trinajstić information content (AvgIpc) is 2.79. The van der Waals surface area contributed by atoms with Gasteiger partial charge in [0.2, 0.25) is 0 Å². The van der Waals surface area contributed by atoms with Crippen LogP contribution in [0, 0.1) is 6.92 Å². The maximum Gasteiger partial charge on any atom is 0.0730 e. The maximum absolute atomic E-state index is 4.26. The van der Waals surface area contributed by atoms with E-state index >= 15 is 0 Å². The Morgan fingerprint density at radius 2 is 2.45 bits per heavy atom. The Morgan fingerprint density at radius 3 is 3.15 bits per heavy atom. The van der Waals surface area contributed by atoms with E-state index in [0.29, 0.717) is 6.04 Å². The van der Waals surface area contributed by atoms with E-state index < -0.39 is 0 Å². The van der Waals surface area contributed by atoms with Crippen LogP contribution in [0.25, 0.3) is 0 Å². The quantitative estimate of drug-likeness (QED) is 0.918. The second-order valence-corrected chi connectivity index (χ2v) is 7.60. The molecule has 3 heterocycles. The summed E-state index contributed by atoms with van der Waals surface area (Å²) in [4.78, 5) is 8.23. The minimum Gasteiger partial charge on any atom is -0.314 e. The summed E-state index contributed by atoms with van der Waals surface area (Å²) in [5.74, 6) is 0. The van der Waals surface area contributed by atoms with Gasteiger partial charge in [0.05, 0.1) is 3.79 Å². The fourth-order valence-electron chi connectivity index (χ4n) is 2.64. The zero-order valence-corrected chi connectivity index (χ0v) is 13.9. The van der Waals surface area contributed by atoms with Crippen molar-refractivity contribution in [3.63, 3.8) is 0 Å². The Labute approximate surface area is 132 Å². The first kappa shape index (κ1) is 14.2. The van der Waals surface area contributed by atoms with Gasteiger partial charge >= 0.3 is 0 Å². The van der Waals surface area contributed by atoms with Crippen molar-refractivity contribution in [2.24, 2.45) is 0 Å². The van der Waals surface area contributed by atoms with Crippen LogP contribution in [-0.2, 0) is 6.54 Å². The molecule has 0 saturated carbocycles. The molecule has 0 aromatic carbocycles. The van der Waals surface area contributed by atoms with Crippen molar-refractivity contribution in [3.05, 3.63) is 50.4 Å². The van der Waals surface area contributed by atoms with E-state index in [9.17, 15) is 0 Å². The first-order valence-corrected chi connectivity index (χ1v) is 8.44. The molecule has 1 unspecified atom stereocenters. The minimum atomic E-state index is 0.415. The summed E-state index contributed by atoms with van der Waals surface area (Å²) in [6, 6.07) is 6.90. The summed E-state index contributed by atoms with van der Waals surface area (Å²) in [6.45, 7) is 6.30. The predicted molar refractivity (Wildman–Crippen MR) is 87.0 cm³/mol. The van der Waals surface area contributed by atoms with E-state index in [0.717, 1.165) is 26.2 Å². The monoisotopic (exact) mass is 351 g/mol. The van der Waals surface area contributed by atoms with Gasteiger partial charge < -0.3 is 5.32 Å². The van der Waals surface area contributed by atoms with Crippen LogP contribution < -0.4 is 5.32 Å². The third-order valence-electron chi connectivity index (χ3n) is 3.69. The second-order valence-electron chi connectivity index (χ2n) is 5.15. The molecule has 2 aromatic heterocycles. The molecule has 5 heteroatoms. The van der Waals surface area contributed by atoms with Crippen molar-refractivity contribution in [3.8, 4) is 0 Å². The van der Waals surface area contributed by atoms with E-state index in [1.165, 1.54) is 19.8 Å². The molecule has 1 fully saturated rings. The summed E-state index contributed by atoms with van der Waals surface area (Å²) < 4.78 is 1.25. The second kappa shape index (κ2) is 6.35. The lowest BCUT2D eigenvalue weighted by molar-refractivity contribution is 0.155. The Balaban J connectivity index is 1.79. The number of piperazine rings is 1. The Hall–Kier alpha value is -0.750. The number of thiophene rings is 1. The van der Waals surface area contributed by atoms with Gasteiger partial charge in [0, 0.05) is 49.5 Å². The molecule has 2 aromatic rings. The van der Waals surface area contributed by atoms with Gasteiger partial charge in [-0.15, -0.1) is 11.3 Å². The number of aryl methyl sites for hydroxylation is 1. The van der Waals surface area contributed by atoms with E-state index in [4.69, 9.17) is 0 Å². The number of pyridine rings is 1. The standard InChI is InChI=1S/C15H18BrN3S/c1-11-7-13(20-15(11)16)10-19-6-5-18-9-14(19)12-3-2-4-17-8-12/h2-4,7-8,14,18H,5-6,9-10H2,1H3. The summed E-state index contributed by atoms with van der Waals surface area (Å²) in [6.07, 6.45) is 3.82. The Kier molecular flexibility index (Phi) is 4.51. The zero-order valence-electron chi connectivity index (χ0n) is 11.5. The number of nitrogens with one attached hydrogen (secondary N) is 1. The highest BCUT2D eigenvalue weighted by Crippen LogP contribution is 2.30. The van der Waals surface area contributed by atoms with Crippen molar-refractivity contribution in [2.45, 2.75) is 19.5 Å². The van der Waals surface area contributed by atoms with Crippen molar-refractivity contribution in [2.75, 3.05) is 19.6 Å². The van der Waals surface area contributed by atoms with Gasteiger partial charge in [-0.05, 0) is 46.1 Å². The third-order valence-corrected chi connectivity index (χ3v) is 5.81. The molecule has 0 aliphatic carbocycles. The molecule has 3 rings (SSSR count). The van der Waals surface area contributed by atoms with Crippen LogP contribution in [0.1, 0.15) is 22.0 Å². The molecule has 1 aliphatic rings. The first-order chi connectivity index (χ1) is 9.74. The minimum absolute atomic E-state index is 0.415. The smallest absolute Gasteiger partial charge is 0.0730 e. The molecule has 106 valence electrons. The molecule has 0 amide bonds. The van der Waals surface area contributed by atoms with Crippen LogP contribution in [0.5, 0.6) is 0 Å². The van der Waals surface area contributed by atoms with Crippen LogP contribution in [-0.4, -0.2) is 29.5 Å². The van der Waals surface area contributed by atoms with Crippen LogP contribution in [0.3, 0.4) is 0 Å². The fourth-order valence-corrected chi connectivity index (χ4v) is 4.29. The van der Waals surface area contributed by atoms with Gasteiger partial charge in [-0.3, -0.25) is 9.88 Å². The number of rotatable bonds is 3. The van der Waals surface area contributed by atoms with Crippen LogP contribution >= 0.6 is 27.3 Å². The lowest BCUT2D eigenvalue weighted by atomic mass is 10.1. The molecule has 0 radical (unpaired) electrons. The number of hydrogen-bond acceptors (Lipinski definition) is 4. The zero-order chi connectivity index (χ0) is 13.9. The van der Waals surface area contributed by atoms with Gasteiger partial charge in [-0.2, -0.15) is 0 Å². The van der Waals surface area contributed by atoms with E-state index in [-0.39, 0.29) is 0 Å². The number of nitrogens with zero attached hydrogens (tertiary/aromatic N) is 2. The Morgan fingerprint density at radius 1 is 1.55 bits per heavy atom. The Bertz CT molecular complexity index is 550. The summed E-state index contributed by atoms with van der Waals surface area (Å²) in [7, 11) is 0. The van der Waals surface area contributed by atoms with Gasteiger partial charge in [0.15, 0.2) is 0 Å². The number of aromatic nitrogens is 1. The fraction of sp³-hybridized carbons (Fsp3) is 0.400. The summed E-state index contributed by atoms with van der Waals surface area (Å²) in [5, 5.41) is 3.49. The molecule has 20 heavy (non-hydrogen) atoms. The highest BCUT2D eigenvalue weighted by Gasteiger charge is 2.24. The van der Waals surface area contributed by atoms with Crippen LogP contribution in [0.15, 0.2) is 34.4 Å². The van der Waals surface area contributed by atoms with Crippen molar-refractivity contribution >= 4 is 27.3 Å². The molecule has 1 aliphatic heterocycles. The lowest BCUT2D eigenvalue weighted by Crippen LogP contribution is -2.45. The van der Waals surface area contributed by atoms with Crippen LogP contribution in [0.4, 0.5) is 0 Å². The molecule has 1 N–H and O–H groups in total. The maximum atomic E-state index is 4.26.